The third-order valence-electron chi connectivity index (χ3n) is 4.08. The molecular weight excluding hydrogens is 280 g/mol. The summed E-state index contributed by atoms with van der Waals surface area (Å²) in [6, 6.07) is 5.70. The van der Waals surface area contributed by atoms with Crippen molar-refractivity contribution >= 4 is 5.91 Å². The molecule has 116 valence electrons. The van der Waals surface area contributed by atoms with Crippen molar-refractivity contribution < 1.29 is 9.90 Å². The minimum Gasteiger partial charge on any atom is -0.396 e. The molecule has 0 spiro atoms. The van der Waals surface area contributed by atoms with Crippen LogP contribution < -0.4 is 0 Å². The number of aliphatic hydroxyl groups excluding tert-OH is 1. The van der Waals surface area contributed by atoms with Gasteiger partial charge in [0.05, 0.1) is 23.6 Å². The second-order valence-corrected chi connectivity index (χ2v) is 5.78. The van der Waals surface area contributed by atoms with Crippen LogP contribution >= 0.6 is 0 Å². The number of hydrogen-bond acceptors (Lipinski definition) is 4. The number of aryl methyl sites for hydroxylation is 1. The van der Waals surface area contributed by atoms with Gasteiger partial charge in [0, 0.05) is 19.7 Å². The molecule has 22 heavy (non-hydrogen) atoms. The van der Waals surface area contributed by atoms with Crippen LogP contribution in [0.3, 0.4) is 0 Å². The van der Waals surface area contributed by atoms with Gasteiger partial charge in [-0.15, -0.1) is 0 Å². The predicted octanol–water partition coefficient (Wildman–Crippen LogP) is 1.42. The molecule has 1 atom stereocenters. The number of carbonyl (C=O) groups is 1. The molecule has 0 radical (unpaired) electrons. The Kier molecular flexibility index (Phi) is 4.20. The highest BCUT2D eigenvalue weighted by atomic mass is 16.3. The largest absolute Gasteiger partial charge is 0.396 e. The normalized spacial score (nSPS) is 18.5. The maximum absolute atomic E-state index is 12.9. The van der Waals surface area contributed by atoms with E-state index in [0.29, 0.717) is 17.8 Å². The Labute approximate surface area is 129 Å². The van der Waals surface area contributed by atoms with Crippen molar-refractivity contribution in [3.63, 3.8) is 0 Å². The smallest absolute Gasteiger partial charge is 0.256 e. The highest BCUT2D eigenvalue weighted by Crippen LogP contribution is 2.22. The van der Waals surface area contributed by atoms with Crippen molar-refractivity contribution in [3.8, 4) is 5.69 Å². The van der Waals surface area contributed by atoms with Crippen LogP contribution in [0.2, 0.25) is 0 Å². The number of rotatable bonds is 3. The van der Waals surface area contributed by atoms with Crippen LogP contribution in [0.25, 0.3) is 5.69 Å². The van der Waals surface area contributed by atoms with Crippen molar-refractivity contribution in [2.24, 2.45) is 5.92 Å². The zero-order valence-corrected chi connectivity index (χ0v) is 12.6. The number of aliphatic hydroxyl groups is 1. The van der Waals surface area contributed by atoms with Gasteiger partial charge in [-0.1, -0.05) is 11.6 Å². The van der Waals surface area contributed by atoms with Gasteiger partial charge in [-0.2, -0.15) is 15.0 Å². The van der Waals surface area contributed by atoms with Crippen molar-refractivity contribution in [2.45, 2.75) is 19.8 Å². The van der Waals surface area contributed by atoms with E-state index >= 15 is 0 Å². The number of aromatic nitrogens is 3. The molecule has 0 aliphatic carbocycles. The molecule has 1 amide bonds. The van der Waals surface area contributed by atoms with Gasteiger partial charge in [0.25, 0.3) is 5.91 Å². The van der Waals surface area contributed by atoms with E-state index in [4.69, 9.17) is 0 Å². The van der Waals surface area contributed by atoms with Crippen molar-refractivity contribution in [3.05, 3.63) is 41.7 Å². The number of piperidine rings is 1. The molecule has 2 aromatic rings. The number of hydrogen-bond donors (Lipinski definition) is 1. The predicted molar refractivity (Wildman–Crippen MR) is 81.8 cm³/mol. The number of nitrogens with zero attached hydrogens (tertiary/aromatic N) is 4. The fraction of sp³-hybridized carbons (Fsp3) is 0.438. The summed E-state index contributed by atoms with van der Waals surface area (Å²) in [6.07, 6.45) is 5.09. The Morgan fingerprint density at radius 2 is 2.14 bits per heavy atom. The van der Waals surface area contributed by atoms with E-state index < -0.39 is 0 Å². The summed E-state index contributed by atoms with van der Waals surface area (Å²) in [4.78, 5) is 16.2. The molecule has 6 nitrogen and oxygen atoms in total. The molecule has 1 aromatic heterocycles. The van der Waals surface area contributed by atoms with Crippen molar-refractivity contribution in [1.29, 1.82) is 0 Å². The van der Waals surface area contributed by atoms with Gasteiger partial charge in [0.2, 0.25) is 0 Å². The summed E-state index contributed by atoms with van der Waals surface area (Å²) in [5, 5.41) is 17.6. The van der Waals surface area contributed by atoms with E-state index in [0.717, 1.165) is 24.9 Å². The number of carbonyl (C=O) groups excluding carboxylic acids is 1. The van der Waals surface area contributed by atoms with Crippen LogP contribution in [0.5, 0.6) is 0 Å². The number of benzene rings is 1. The average Bonchev–Trinajstić information content (AvgIpc) is 3.08. The summed E-state index contributed by atoms with van der Waals surface area (Å²) < 4.78 is 0. The Balaban J connectivity index is 1.93. The van der Waals surface area contributed by atoms with Gasteiger partial charge in [0.15, 0.2) is 0 Å². The molecule has 6 heteroatoms. The monoisotopic (exact) mass is 300 g/mol. The molecule has 1 N–H and O–H groups in total. The zero-order valence-electron chi connectivity index (χ0n) is 12.6. The Hall–Kier alpha value is -2.21. The van der Waals surface area contributed by atoms with Gasteiger partial charge in [0.1, 0.15) is 0 Å². The molecule has 1 saturated heterocycles. The van der Waals surface area contributed by atoms with Gasteiger partial charge < -0.3 is 10.0 Å². The van der Waals surface area contributed by atoms with Crippen LogP contribution in [0.4, 0.5) is 0 Å². The molecule has 0 saturated carbocycles. The first-order valence-corrected chi connectivity index (χ1v) is 7.56. The van der Waals surface area contributed by atoms with Gasteiger partial charge >= 0.3 is 0 Å². The molecule has 1 fully saturated rings. The van der Waals surface area contributed by atoms with Crippen molar-refractivity contribution in [2.75, 3.05) is 19.7 Å². The van der Waals surface area contributed by atoms with E-state index in [1.54, 1.807) is 12.4 Å². The fourth-order valence-corrected chi connectivity index (χ4v) is 2.90. The second-order valence-electron chi connectivity index (χ2n) is 5.78. The lowest BCUT2D eigenvalue weighted by Crippen LogP contribution is -2.41. The Morgan fingerprint density at radius 3 is 2.86 bits per heavy atom. The van der Waals surface area contributed by atoms with E-state index in [1.165, 1.54) is 4.80 Å². The highest BCUT2D eigenvalue weighted by molar-refractivity contribution is 5.98. The lowest BCUT2D eigenvalue weighted by Gasteiger charge is -2.32. The van der Waals surface area contributed by atoms with Crippen LogP contribution in [-0.4, -0.2) is 50.6 Å². The molecule has 0 bridgehead atoms. The van der Waals surface area contributed by atoms with E-state index in [1.807, 2.05) is 30.0 Å². The van der Waals surface area contributed by atoms with E-state index in [2.05, 4.69) is 10.2 Å². The highest BCUT2D eigenvalue weighted by Gasteiger charge is 2.26. The minimum atomic E-state index is -0.0193. The molecular formula is C16H20N4O2. The van der Waals surface area contributed by atoms with Crippen molar-refractivity contribution in [1.82, 2.24) is 19.9 Å². The van der Waals surface area contributed by atoms with E-state index in [-0.39, 0.29) is 18.4 Å². The van der Waals surface area contributed by atoms with Crippen LogP contribution in [0.15, 0.2) is 30.6 Å². The molecule has 1 aromatic carbocycles. The average molecular weight is 300 g/mol. The minimum absolute atomic E-state index is 0.0193. The molecule has 0 unspecified atom stereocenters. The van der Waals surface area contributed by atoms with Gasteiger partial charge in [-0.25, -0.2) is 0 Å². The van der Waals surface area contributed by atoms with Crippen LogP contribution in [-0.2, 0) is 0 Å². The van der Waals surface area contributed by atoms with Crippen LogP contribution in [0.1, 0.15) is 28.8 Å². The quantitative estimate of drug-likeness (QED) is 0.930. The maximum atomic E-state index is 12.9. The first-order chi connectivity index (χ1) is 10.7. The zero-order chi connectivity index (χ0) is 15.5. The summed E-state index contributed by atoms with van der Waals surface area (Å²) in [5.41, 5.74) is 2.32. The molecule has 1 aliphatic heterocycles. The maximum Gasteiger partial charge on any atom is 0.256 e. The standard InChI is InChI=1S/C16H20N4O2/c1-12-4-5-15(20-17-6-7-18-20)14(9-12)16(22)19-8-2-3-13(10-19)11-21/h4-7,9,13,21H,2-3,8,10-11H2,1H3/t13-/m1/s1. The Morgan fingerprint density at radius 1 is 1.36 bits per heavy atom. The third-order valence-corrected chi connectivity index (χ3v) is 4.08. The van der Waals surface area contributed by atoms with Crippen LogP contribution in [0, 0.1) is 12.8 Å². The summed E-state index contributed by atoms with van der Waals surface area (Å²) >= 11 is 0. The third kappa shape index (κ3) is 2.87. The second kappa shape index (κ2) is 6.27. The molecule has 2 heterocycles. The summed E-state index contributed by atoms with van der Waals surface area (Å²) in [5.74, 6) is 0.155. The first kappa shape index (κ1) is 14.7. The first-order valence-electron chi connectivity index (χ1n) is 7.56. The fourth-order valence-electron chi connectivity index (χ4n) is 2.90. The molecule has 3 rings (SSSR count). The molecule has 1 aliphatic rings. The van der Waals surface area contributed by atoms with E-state index in [9.17, 15) is 9.90 Å². The lowest BCUT2D eigenvalue weighted by atomic mass is 9.98. The lowest BCUT2D eigenvalue weighted by molar-refractivity contribution is 0.0620. The summed E-state index contributed by atoms with van der Waals surface area (Å²) in [7, 11) is 0. The summed E-state index contributed by atoms with van der Waals surface area (Å²) in [6.45, 7) is 3.43. The number of amides is 1. The Bertz CT molecular complexity index is 654. The SMILES string of the molecule is Cc1ccc(-n2nccn2)c(C(=O)N2CCC[C@@H](CO)C2)c1. The van der Waals surface area contributed by atoms with Gasteiger partial charge in [-0.3, -0.25) is 4.79 Å². The van der Waals surface area contributed by atoms with Gasteiger partial charge in [-0.05, 0) is 37.8 Å². The number of likely N-dealkylation sites (tertiary alicyclic amines) is 1. The topological polar surface area (TPSA) is 71.2 Å².